The zero-order valence-electron chi connectivity index (χ0n) is 12.7. The van der Waals surface area contributed by atoms with Gasteiger partial charge in [0.1, 0.15) is 5.75 Å². The highest BCUT2D eigenvalue weighted by atomic mass is 32.2. The molecule has 0 spiro atoms. The second kappa shape index (κ2) is 7.83. The molecule has 4 nitrogen and oxygen atoms in total. The quantitative estimate of drug-likeness (QED) is 0.407. The van der Waals surface area contributed by atoms with E-state index in [1.54, 1.807) is 11.8 Å². The molecule has 3 rings (SSSR count). The van der Waals surface area contributed by atoms with Crippen molar-refractivity contribution in [3.8, 4) is 5.75 Å². The van der Waals surface area contributed by atoms with Crippen LogP contribution >= 0.6 is 11.8 Å². The molecule has 0 saturated heterocycles. The minimum absolute atomic E-state index is 0.109. The number of nitrogens with zero attached hydrogens (tertiary/aromatic N) is 1. The molecule has 0 atom stereocenters. The topological polar surface area (TPSA) is 55.0 Å². The number of H-pyrrole nitrogens is 1. The van der Waals surface area contributed by atoms with E-state index in [1.165, 1.54) is 23.0 Å². The molecule has 3 aromatic rings. The Hall–Kier alpha value is -2.27. The van der Waals surface area contributed by atoms with Crippen LogP contribution in [0.15, 0.2) is 64.7 Å². The van der Waals surface area contributed by atoms with Crippen LogP contribution in [-0.4, -0.2) is 22.3 Å². The number of benzene rings is 2. The Bertz CT molecular complexity index is 832. The van der Waals surface area contributed by atoms with E-state index in [4.69, 9.17) is 4.74 Å². The Balaban J connectivity index is 1.40. The first-order chi connectivity index (χ1) is 11.3. The molecular weight excluding hydrogens is 308 g/mol. The molecule has 2 aromatic carbocycles. The van der Waals surface area contributed by atoms with Gasteiger partial charge in [0.05, 0.1) is 6.61 Å². The Morgan fingerprint density at radius 3 is 2.78 bits per heavy atom. The maximum Gasteiger partial charge on any atom is 0.251 e. The molecular formula is C18H18N2O2S. The number of thioether (sulfide) groups is 1. The fourth-order valence-electron chi connectivity index (χ4n) is 2.25. The van der Waals surface area contributed by atoms with Crippen LogP contribution in [0.1, 0.15) is 12.8 Å². The highest BCUT2D eigenvalue weighted by Crippen LogP contribution is 2.21. The van der Waals surface area contributed by atoms with Gasteiger partial charge in [0, 0.05) is 18.0 Å². The van der Waals surface area contributed by atoms with Gasteiger partial charge in [-0.05, 0) is 35.7 Å². The van der Waals surface area contributed by atoms with Crippen LogP contribution < -0.4 is 10.3 Å². The Morgan fingerprint density at radius 2 is 1.91 bits per heavy atom. The van der Waals surface area contributed by atoms with Gasteiger partial charge in [0.25, 0.3) is 5.56 Å². The summed E-state index contributed by atoms with van der Waals surface area (Å²) in [5.41, 5.74) is -0.109. The Morgan fingerprint density at radius 1 is 1.04 bits per heavy atom. The first-order valence-electron chi connectivity index (χ1n) is 7.61. The van der Waals surface area contributed by atoms with Crippen LogP contribution in [0.25, 0.3) is 10.8 Å². The van der Waals surface area contributed by atoms with E-state index in [1.807, 2.05) is 18.2 Å². The largest absolute Gasteiger partial charge is 0.494 e. The number of fused-ring (bicyclic) bond motifs is 1. The molecule has 1 heterocycles. The summed E-state index contributed by atoms with van der Waals surface area (Å²) >= 11 is 1.56. The monoisotopic (exact) mass is 326 g/mol. The predicted molar refractivity (Wildman–Crippen MR) is 94.3 cm³/mol. The molecule has 0 aliphatic rings. The lowest BCUT2D eigenvalue weighted by Crippen LogP contribution is -2.05. The smallest absolute Gasteiger partial charge is 0.251 e. The predicted octanol–water partition coefficient (Wildman–Crippen LogP) is 3.87. The number of aromatic nitrogens is 2. The number of nitrogens with one attached hydrogen (secondary N) is 1. The van der Waals surface area contributed by atoms with Crippen molar-refractivity contribution in [2.75, 3.05) is 12.4 Å². The van der Waals surface area contributed by atoms with Crippen LogP contribution in [0.4, 0.5) is 0 Å². The molecule has 23 heavy (non-hydrogen) atoms. The van der Waals surface area contributed by atoms with E-state index in [-0.39, 0.29) is 5.56 Å². The van der Waals surface area contributed by atoms with Crippen molar-refractivity contribution in [2.45, 2.75) is 18.0 Å². The molecule has 0 bridgehead atoms. The second-order valence-corrected chi connectivity index (χ2v) is 6.24. The van der Waals surface area contributed by atoms with Crippen LogP contribution in [0, 0.1) is 0 Å². The van der Waals surface area contributed by atoms with Crippen molar-refractivity contribution in [2.24, 2.45) is 0 Å². The molecule has 5 heteroatoms. The molecule has 0 amide bonds. The van der Waals surface area contributed by atoms with Gasteiger partial charge >= 0.3 is 0 Å². The van der Waals surface area contributed by atoms with E-state index in [0.717, 1.165) is 24.3 Å². The number of ether oxygens (including phenoxy) is 1. The van der Waals surface area contributed by atoms with Gasteiger partial charge in [-0.1, -0.05) is 42.1 Å². The first kappa shape index (κ1) is 15.6. The van der Waals surface area contributed by atoms with Gasteiger partial charge in [-0.2, -0.15) is 0 Å². The van der Waals surface area contributed by atoms with Crippen LogP contribution in [0.3, 0.4) is 0 Å². The average molecular weight is 326 g/mol. The molecule has 1 N–H and O–H groups in total. The maximum atomic E-state index is 11.1. The standard InChI is InChI=1S/C18H18N2O2S/c21-17-9-10-19-18(20-17)23-12-4-3-11-22-16-8-7-14-5-1-2-6-15(14)13-16/h1-2,5-10,13H,3-4,11-12H2,(H,19,20,21). The third kappa shape index (κ3) is 4.60. The summed E-state index contributed by atoms with van der Waals surface area (Å²) < 4.78 is 5.80. The normalized spacial score (nSPS) is 10.8. The van der Waals surface area contributed by atoms with Crippen LogP contribution in [0.5, 0.6) is 5.75 Å². The van der Waals surface area contributed by atoms with Gasteiger partial charge < -0.3 is 9.72 Å². The SMILES string of the molecule is O=c1ccnc(SCCCCOc2ccc3ccccc3c2)[nH]1. The van der Waals surface area contributed by atoms with E-state index in [9.17, 15) is 4.79 Å². The number of hydrogen-bond donors (Lipinski definition) is 1. The number of aromatic amines is 1. The third-order valence-corrected chi connectivity index (χ3v) is 4.39. The summed E-state index contributed by atoms with van der Waals surface area (Å²) in [6.45, 7) is 0.692. The minimum atomic E-state index is -0.109. The molecule has 0 fully saturated rings. The molecule has 0 unspecified atom stereocenters. The second-order valence-electron chi connectivity index (χ2n) is 5.15. The van der Waals surface area contributed by atoms with Gasteiger partial charge in [-0.3, -0.25) is 4.79 Å². The maximum absolute atomic E-state index is 11.1. The third-order valence-electron chi connectivity index (χ3n) is 3.41. The van der Waals surface area contributed by atoms with E-state index >= 15 is 0 Å². The van der Waals surface area contributed by atoms with Crippen molar-refractivity contribution in [3.63, 3.8) is 0 Å². The van der Waals surface area contributed by atoms with Crippen LogP contribution in [0.2, 0.25) is 0 Å². The molecule has 0 radical (unpaired) electrons. The summed E-state index contributed by atoms with van der Waals surface area (Å²) in [4.78, 5) is 18.0. The number of rotatable bonds is 7. The lowest BCUT2D eigenvalue weighted by molar-refractivity contribution is 0.310. The summed E-state index contributed by atoms with van der Waals surface area (Å²) in [7, 11) is 0. The lowest BCUT2D eigenvalue weighted by atomic mass is 10.1. The number of unbranched alkanes of at least 4 members (excludes halogenated alkanes) is 1. The fraction of sp³-hybridized carbons (Fsp3) is 0.222. The van der Waals surface area contributed by atoms with Crippen molar-refractivity contribution in [1.29, 1.82) is 0 Å². The summed E-state index contributed by atoms with van der Waals surface area (Å²) in [6.07, 6.45) is 3.51. The summed E-state index contributed by atoms with van der Waals surface area (Å²) in [5.74, 6) is 1.82. The molecule has 0 saturated carbocycles. The van der Waals surface area contributed by atoms with Gasteiger partial charge in [-0.15, -0.1) is 0 Å². The zero-order chi connectivity index (χ0) is 15.9. The van der Waals surface area contributed by atoms with E-state index < -0.39 is 0 Å². The van der Waals surface area contributed by atoms with Gasteiger partial charge in [-0.25, -0.2) is 4.98 Å². The van der Waals surface area contributed by atoms with Gasteiger partial charge in [0.2, 0.25) is 0 Å². The van der Waals surface area contributed by atoms with Gasteiger partial charge in [0.15, 0.2) is 5.16 Å². The van der Waals surface area contributed by atoms with Crippen molar-refractivity contribution in [3.05, 3.63) is 65.1 Å². The Labute approximate surface area is 138 Å². The molecule has 0 aliphatic carbocycles. The van der Waals surface area contributed by atoms with Crippen LogP contribution in [-0.2, 0) is 0 Å². The van der Waals surface area contributed by atoms with Crippen molar-refractivity contribution >= 4 is 22.5 Å². The number of hydrogen-bond acceptors (Lipinski definition) is 4. The molecule has 0 aliphatic heterocycles. The highest BCUT2D eigenvalue weighted by Gasteiger charge is 1.99. The Kier molecular flexibility index (Phi) is 5.32. The highest BCUT2D eigenvalue weighted by molar-refractivity contribution is 7.99. The summed E-state index contributed by atoms with van der Waals surface area (Å²) in [6, 6.07) is 15.8. The molecule has 1 aromatic heterocycles. The fourth-order valence-corrected chi connectivity index (χ4v) is 3.10. The zero-order valence-corrected chi connectivity index (χ0v) is 13.5. The molecule has 118 valence electrons. The van der Waals surface area contributed by atoms with Crippen molar-refractivity contribution < 1.29 is 4.74 Å². The summed E-state index contributed by atoms with van der Waals surface area (Å²) in [5, 5.41) is 3.09. The average Bonchev–Trinajstić information content (AvgIpc) is 2.58. The minimum Gasteiger partial charge on any atom is -0.494 e. The van der Waals surface area contributed by atoms with E-state index in [2.05, 4.69) is 34.2 Å². The lowest BCUT2D eigenvalue weighted by Gasteiger charge is -2.07. The first-order valence-corrected chi connectivity index (χ1v) is 8.59. The van der Waals surface area contributed by atoms with Crippen molar-refractivity contribution in [1.82, 2.24) is 9.97 Å². The van der Waals surface area contributed by atoms with E-state index in [0.29, 0.717) is 11.8 Å².